The molecule has 0 bridgehead atoms. The second kappa shape index (κ2) is 8.84. The first kappa shape index (κ1) is 20.5. The van der Waals surface area contributed by atoms with E-state index in [1.807, 2.05) is 18.2 Å². The molecule has 1 atom stereocenters. The van der Waals surface area contributed by atoms with E-state index in [2.05, 4.69) is 5.32 Å². The molecule has 0 fully saturated rings. The highest BCUT2D eigenvalue weighted by Gasteiger charge is 2.40. The van der Waals surface area contributed by atoms with Crippen LogP contribution in [0.15, 0.2) is 77.4 Å². The lowest BCUT2D eigenvalue weighted by atomic mass is 9.82. The monoisotopic (exact) mass is 412 g/mol. The van der Waals surface area contributed by atoms with Crippen LogP contribution < -0.4 is 11.1 Å². The van der Waals surface area contributed by atoms with Crippen LogP contribution >= 0.6 is 11.6 Å². The number of ether oxygens (including phenoxy) is 2. The first-order valence-electron chi connectivity index (χ1n) is 9.10. The Morgan fingerprint density at radius 2 is 1.76 bits per heavy atom. The fourth-order valence-corrected chi connectivity index (χ4v) is 3.47. The van der Waals surface area contributed by atoms with E-state index in [0.29, 0.717) is 16.3 Å². The normalized spacial score (nSPS) is 16.3. The largest absolute Gasteiger partial charge is 0.462 e. The summed E-state index contributed by atoms with van der Waals surface area (Å²) in [6, 6.07) is 16.0. The fraction of sp³-hybridized carbons (Fsp3) is 0.182. The molecule has 150 valence electrons. The van der Waals surface area contributed by atoms with E-state index in [0.717, 1.165) is 0 Å². The van der Waals surface area contributed by atoms with Gasteiger partial charge in [0.15, 0.2) is 0 Å². The van der Waals surface area contributed by atoms with Crippen molar-refractivity contribution in [1.29, 1.82) is 0 Å². The molecule has 3 N–H and O–H groups in total. The number of rotatable bonds is 5. The highest BCUT2D eigenvalue weighted by Crippen LogP contribution is 2.42. The highest BCUT2D eigenvalue weighted by molar-refractivity contribution is 6.31. The molecule has 6 nitrogen and oxygen atoms in total. The number of para-hydroxylation sites is 1. The number of amides is 1. The molecule has 0 saturated carbocycles. The lowest BCUT2D eigenvalue weighted by Gasteiger charge is -2.29. The summed E-state index contributed by atoms with van der Waals surface area (Å²) in [5.74, 6) is -1.74. The number of esters is 1. The van der Waals surface area contributed by atoms with Crippen molar-refractivity contribution in [3.8, 4) is 0 Å². The van der Waals surface area contributed by atoms with E-state index >= 15 is 0 Å². The molecule has 0 saturated heterocycles. The van der Waals surface area contributed by atoms with Gasteiger partial charge in [-0.2, -0.15) is 0 Å². The SMILES string of the molecule is CCOC(=O)C1=C(N)OC(C)=C(C(=O)Nc2ccccc2)[C@@H]1c1ccccc1Cl. The van der Waals surface area contributed by atoms with Crippen molar-refractivity contribution in [3.63, 3.8) is 0 Å². The number of anilines is 1. The summed E-state index contributed by atoms with van der Waals surface area (Å²) >= 11 is 6.42. The zero-order valence-corrected chi connectivity index (χ0v) is 16.8. The van der Waals surface area contributed by atoms with Crippen molar-refractivity contribution >= 4 is 29.2 Å². The predicted molar refractivity (Wildman–Crippen MR) is 111 cm³/mol. The van der Waals surface area contributed by atoms with Gasteiger partial charge in [-0.05, 0) is 37.6 Å². The van der Waals surface area contributed by atoms with Gasteiger partial charge in [0.05, 0.1) is 18.1 Å². The first-order valence-corrected chi connectivity index (χ1v) is 9.48. The van der Waals surface area contributed by atoms with Gasteiger partial charge in [-0.15, -0.1) is 0 Å². The van der Waals surface area contributed by atoms with Crippen molar-refractivity contribution in [2.45, 2.75) is 19.8 Å². The number of allylic oxidation sites excluding steroid dienone is 1. The Morgan fingerprint density at radius 3 is 2.41 bits per heavy atom. The number of hydrogen-bond donors (Lipinski definition) is 2. The summed E-state index contributed by atoms with van der Waals surface area (Å²) < 4.78 is 10.7. The zero-order chi connectivity index (χ0) is 21.0. The van der Waals surface area contributed by atoms with E-state index in [9.17, 15) is 9.59 Å². The summed E-state index contributed by atoms with van der Waals surface area (Å²) in [4.78, 5) is 25.9. The number of carbonyl (C=O) groups excluding carboxylic acids is 2. The molecule has 1 aliphatic rings. The molecule has 3 rings (SSSR count). The molecular formula is C22H21ClN2O4. The van der Waals surface area contributed by atoms with Crippen molar-refractivity contribution in [1.82, 2.24) is 0 Å². The smallest absolute Gasteiger partial charge is 0.340 e. The molecule has 2 aromatic carbocycles. The topological polar surface area (TPSA) is 90.7 Å². The zero-order valence-electron chi connectivity index (χ0n) is 16.1. The van der Waals surface area contributed by atoms with Crippen LogP contribution in [0.3, 0.4) is 0 Å². The van der Waals surface area contributed by atoms with Crippen LogP contribution in [0.2, 0.25) is 5.02 Å². The lowest BCUT2D eigenvalue weighted by molar-refractivity contribution is -0.139. The third-order valence-electron chi connectivity index (χ3n) is 4.47. The van der Waals surface area contributed by atoms with Gasteiger partial charge in [-0.3, -0.25) is 4.79 Å². The van der Waals surface area contributed by atoms with Gasteiger partial charge < -0.3 is 20.5 Å². The summed E-state index contributed by atoms with van der Waals surface area (Å²) in [6.45, 7) is 3.46. The summed E-state index contributed by atoms with van der Waals surface area (Å²) in [5, 5.41) is 3.23. The molecule has 0 unspecified atom stereocenters. The molecule has 0 radical (unpaired) electrons. The van der Waals surface area contributed by atoms with Gasteiger partial charge in [0, 0.05) is 10.7 Å². The predicted octanol–water partition coefficient (Wildman–Crippen LogP) is 4.10. The molecule has 1 aliphatic heterocycles. The first-order chi connectivity index (χ1) is 13.9. The highest BCUT2D eigenvalue weighted by atomic mass is 35.5. The second-order valence-electron chi connectivity index (χ2n) is 6.34. The number of halogens is 1. The van der Waals surface area contributed by atoms with E-state index in [1.165, 1.54) is 0 Å². The van der Waals surface area contributed by atoms with Gasteiger partial charge in [-0.25, -0.2) is 4.79 Å². The minimum absolute atomic E-state index is 0.0451. The molecule has 1 amide bonds. The summed E-state index contributed by atoms with van der Waals surface area (Å²) in [6.07, 6.45) is 0. The molecule has 1 heterocycles. The average Bonchev–Trinajstić information content (AvgIpc) is 2.68. The molecule has 0 aromatic heterocycles. The third kappa shape index (κ3) is 4.27. The number of nitrogens with two attached hydrogens (primary N) is 1. The van der Waals surface area contributed by atoms with Crippen LogP contribution in [-0.2, 0) is 19.1 Å². The number of benzene rings is 2. The quantitative estimate of drug-likeness (QED) is 0.721. The van der Waals surface area contributed by atoms with Gasteiger partial charge >= 0.3 is 5.97 Å². The standard InChI is InChI=1S/C22H21ClN2O4/c1-3-28-22(27)19-18(15-11-7-8-12-16(15)23)17(13(2)29-20(19)24)21(26)25-14-9-5-4-6-10-14/h4-12,18H,3,24H2,1-2H3,(H,25,26)/t18-/m0/s1. The van der Waals surface area contributed by atoms with Gasteiger partial charge in [0.1, 0.15) is 11.3 Å². The van der Waals surface area contributed by atoms with Crippen molar-refractivity contribution in [2.24, 2.45) is 5.73 Å². The second-order valence-corrected chi connectivity index (χ2v) is 6.75. The Labute approximate surface area is 173 Å². The van der Waals surface area contributed by atoms with E-state index in [4.69, 9.17) is 26.8 Å². The maximum absolute atomic E-state index is 13.2. The average molecular weight is 413 g/mol. The third-order valence-corrected chi connectivity index (χ3v) is 4.82. The molecule has 0 spiro atoms. The maximum atomic E-state index is 13.2. The maximum Gasteiger partial charge on any atom is 0.340 e. The number of nitrogens with one attached hydrogen (secondary N) is 1. The van der Waals surface area contributed by atoms with Gasteiger partial charge in [-0.1, -0.05) is 48.0 Å². The van der Waals surface area contributed by atoms with E-state index < -0.39 is 17.8 Å². The van der Waals surface area contributed by atoms with Crippen LogP contribution in [0.5, 0.6) is 0 Å². The van der Waals surface area contributed by atoms with Crippen molar-refractivity contribution < 1.29 is 19.1 Å². The van der Waals surface area contributed by atoms with E-state index in [1.54, 1.807) is 50.2 Å². The van der Waals surface area contributed by atoms with E-state index in [-0.39, 0.29) is 29.4 Å². The van der Waals surface area contributed by atoms with Crippen LogP contribution in [0.4, 0.5) is 5.69 Å². The van der Waals surface area contributed by atoms with Crippen molar-refractivity contribution in [2.75, 3.05) is 11.9 Å². The van der Waals surface area contributed by atoms with Crippen LogP contribution in [0.25, 0.3) is 0 Å². The minimum atomic E-state index is -0.833. The Morgan fingerprint density at radius 1 is 1.10 bits per heavy atom. The Kier molecular flexibility index (Phi) is 6.24. The molecule has 29 heavy (non-hydrogen) atoms. The Balaban J connectivity index is 2.11. The van der Waals surface area contributed by atoms with Gasteiger partial charge in [0.2, 0.25) is 5.88 Å². The van der Waals surface area contributed by atoms with Crippen LogP contribution in [0, 0.1) is 0 Å². The Bertz CT molecular complexity index is 999. The fourth-order valence-electron chi connectivity index (χ4n) is 3.22. The van der Waals surface area contributed by atoms with Crippen molar-refractivity contribution in [3.05, 3.63) is 88.0 Å². The summed E-state index contributed by atoms with van der Waals surface area (Å²) in [5.41, 5.74) is 7.49. The number of carbonyl (C=O) groups is 2. The Hall–Kier alpha value is -3.25. The van der Waals surface area contributed by atoms with Crippen LogP contribution in [-0.4, -0.2) is 18.5 Å². The van der Waals surface area contributed by atoms with Crippen LogP contribution in [0.1, 0.15) is 25.3 Å². The summed E-state index contributed by atoms with van der Waals surface area (Å²) in [7, 11) is 0. The molecule has 7 heteroatoms. The number of hydrogen-bond acceptors (Lipinski definition) is 5. The molecule has 2 aromatic rings. The molecular weight excluding hydrogens is 392 g/mol. The van der Waals surface area contributed by atoms with Gasteiger partial charge in [0.25, 0.3) is 5.91 Å². The minimum Gasteiger partial charge on any atom is -0.462 e. The molecule has 0 aliphatic carbocycles. The lowest BCUT2D eigenvalue weighted by Crippen LogP contribution is -2.31.